The van der Waals surface area contributed by atoms with E-state index in [9.17, 15) is 0 Å². The van der Waals surface area contributed by atoms with Gasteiger partial charge < -0.3 is 8.98 Å². The van der Waals surface area contributed by atoms with Gasteiger partial charge in [-0.3, -0.25) is 0 Å². The molecule has 5 nitrogen and oxygen atoms in total. The number of fused-ring (bicyclic) bond motifs is 9. The zero-order valence-electron chi connectivity index (χ0n) is 30.4. The van der Waals surface area contributed by atoms with E-state index in [4.69, 9.17) is 19.4 Å². The van der Waals surface area contributed by atoms with Crippen LogP contribution in [-0.2, 0) is 0 Å². The highest BCUT2D eigenvalue weighted by atomic mass is 32.1. The summed E-state index contributed by atoms with van der Waals surface area (Å²) in [6, 6.07) is 63.8. The Kier molecular flexibility index (Phi) is 7.03. The lowest BCUT2D eigenvalue weighted by atomic mass is 9.98. The van der Waals surface area contributed by atoms with Crippen molar-refractivity contribution in [1.29, 1.82) is 0 Å². The molecule has 0 bridgehead atoms. The van der Waals surface area contributed by atoms with Crippen molar-refractivity contribution in [2.75, 3.05) is 0 Å². The van der Waals surface area contributed by atoms with Gasteiger partial charge in [0.2, 0.25) is 0 Å². The average Bonchev–Trinajstić information content (AvgIpc) is 3.96. The van der Waals surface area contributed by atoms with E-state index >= 15 is 0 Å². The Hall–Kier alpha value is -7.41. The quantitative estimate of drug-likeness (QED) is 0.176. The Bertz CT molecular complexity index is 3470. The van der Waals surface area contributed by atoms with E-state index in [0.29, 0.717) is 17.5 Å². The van der Waals surface area contributed by atoms with Crippen LogP contribution in [0.2, 0.25) is 0 Å². The smallest absolute Gasteiger partial charge is 0.167 e. The van der Waals surface area contributed by atoms with Crippen LogP contribution in [0.5, 0.6) is 0 Å². The number of furan rings is 1. The molecular formula is C51H30N4OS. The minimum absolute atomic E-state index is 0.560. The van der Waals surface area contributed by atoms with Crippen molar-refractivity contribution >= 4 is 75.3 Å². The van der Waals surface area contributed by atoms with Crippen molar-refractivity contribution in [3.05, 3.63) is 182 Å². The summed E-state index contributed by atoms with van der Waals surface area (Å²) >= 11 is 1.79. The van der Waals surface area contributed by atoms with Gasteiger partial charge in [-0.1, -0.05) is 140 Å². The van der Waals surface area contributed by atoms with Gasteiger partial charge in [-0.2, -0.15) is 0 Å². The van der Waals surface area contributed by atoms with Crippen molar-refractivity contribution in [1.82, 2.24) is 19.5 Å². The Balaban J connectivity index is 1.21. The molecule has 6 heteroatoms. The molecule has 4 heterocycles. The largest absolute Gasteiger partial charge is 0.455 e. The molecule has 12 aromatic rings. The van der Waals surface area contributed by atoms with E-state index in [1.165, 1.54) is 32.0 Å². The minimum atomic E-state index is 0.560. The van der Waals surface area contributed by atoms with Crippen LogP contribution in [0, 0.1) is 0 Å². The predicted octanol–water partition coefficient (Wildman–Crippen LogP) is 13.9. The van der Waals surface area contributed by atoms with Gasteiger partial charge >= 0.3 is 0 Å². The highest BCUT2D eigenvalue weighted by Crippen LogP contribution is 2.46. The molecule has 0 aliphatic rings. The number of aromatic nitrogens is 4. The summed E-state index contributed by atoms with van der Waals surface area (Å²) in [5, 5.41) is 6.89. The van der Waals surface area contributed by atoms with Crippen molar-refractivity contribution in [3.8, 4) is 51.0 Å². The summed E-state index contributed by atoms with van der Waals surface area (Å²) < 4.78 is 11.3. The summed E-state index contributed by atoms with van der Waals surface area (Å²) in [5.74, 6) is 1.77. The molecule has 8 aromatic carbocycles. The monoisotopic (exact) mass is 746 g/mol. The molecule has 0 saturated heterocycles. The second-order valence-electron chi connectivity index (χ2n) is 14.3. The van der Waals surface area contributed by atoms with Crippen LogP contribution < -0.4 is 0 Å². The zero-order valence-corrected chi connectivity index (χ0v) is 31.2. The molecule has 0 fully saturated rings. The summed E-state index contributed by atoms with van der Waals surface area (Å²) in [6.45, 7) is 0. The fourth-order valence-corrected chi connectivity index (χ4v) is 9.74. The van der Waals surface area contributed by atoms with E-state index in [0.717, 1.165) is 65.4 Å². The topological polar surface area (TPSA) is 56.7 Å². The lowest BCUT2D eigenvalue weighted by Gasteiger charge is -2.13. The highest BCUT2D eigenvalue weighted by Gasteiger charge is 2.23. The molecule has 0 N–H and O–H groups in total. The lowest BCUT2D eigenvalue weighted by Crippen LogP contribution is -2.01. The molecule has 0 radical (unpaired) electrons. The number of hydrogen-bond donors (Lipinski definition) is 0. The molecule has 0 amide bonds. The lowest BCUT2D eigenvalue weighted by molar-refractivity contribution is 0.669. The summed E-state index contributed by atoms with van der Waals surface area (Å²) in [4.78, 5) is 15.9. The number of hydrogen-bond acceptors (Lipinski definition) is 5. The minimum Gasteiger partial charge on any atom is -0.455 e. The number of para-hydroxylation sites is 4. The van der Waals surface area contributed by atoms with Gasteiger partial charge in [0.25, 0.3) is 0 Å². The molecule has 12 rings (SSSR count). The summed E-state index contributed by atoms with van der Waals surface area (Å²) in [7, 11) is 0. The molecule has 4 aromatic heterocycles. The highest BCUT2D eigenvalue weighted by molar-refractivity contribution is 7.26. The first-order valence-corrected chi connectivity index (χ1v) is 19.8. The third-order valence-electron chi connectivity index (χ3n) is 11.1. The summed E-state index contributed by atoms with van der Waals surface area (Å²) in [6.07, 6.45) is 0. The Labute approximate surface area is 330 Å². The van der Waals surface area contributed by atoms with Gasteiger partial charge in [0.05, 0.1) is 16.6 Å². The normalized spacial score (nSPS) is 11.9. The second kappa shape index (κ2) is 12.6. The summed E-state index contributed by atoms with van der Waals surface area (Å²) in [5.41, 5.74) is 9.98. The van der Waals surface area contributed by atoms with Crippen molar-refractivity contribution in [3.63, 3.8) is 0 Å². The van der Waals surface area contributed by atoms with Crippen molar-refractivity contribution in [2.24, 2.45) is 0 Å². The number of benzene rings is 8. The molecule has 0 unspecified atom stereocenters. The maximum absolute atomic E-state index is 6.54. The van der Waals surface area contributed by atoms with E-state index in [-0.39, 0.29) is 0 Å². The number of rotatable bonds is 5. The van der Waals surface area contributed by atoms with Crippen LogP contribution in [0.1, 0.15) is 0 Å². The molecular weight excluding hydrogens is 717 g/mol. The maximum atomic E-state index is 6.54. The first-order chi connectivity index (χ1) is 28.3. The van der Waals surface area contributed by atoms with Crippen molar-refractivity contribution < 1.29 is 4.42 Å². The molecule has 266 valence electrons. The SMILES string of the molecule is c1ccc(-c2nc(-c3cccc4c3oc3ccccc34)nc(-c3cc(-n4c5ccccc5c5ccccc54)cc4c3sc3cccc(-c5ccccc5)c34)n2)cc1. The fraction of sp³-hybridized carbons (Fsp3) is 0. The maximum Gasteiger partial charge on any atom is 0.167 e. The number of thiophene rings is 1. The van der Waals surface area contributed by atoms with Gasteiger partial charge in [0.15, 0.2) is 17.5 Å². The first kappa shape index (κ1) is 31.9. The van der Waals surface area contributed by atoms with Crippen LogP contribution in [0.4, 0.5) is 0 Å². The van der Waals surface area contributed by atoms with E-state index in [1.807, 2.05) is 42.5 Å². The van der Waals surface area contributed by atoms with Crippen molar-refractivity contribution in [2.45, 2.75) is 0 Å². The van der Waals surface area contributed by atoms with Gasteiger partial charge in [0.1, 0.15) is 11.2 Å². The van der Waals surface area contributed by atoms with Gasteiger partial charge in [0, 0.05) is 58.5 Å². The van der Waals surface area contributed by atoms with Gasteiger partial charge in [-0.15, -0.1) is 11.3 Å². The van der Waals surface area contributed by atoms with E-state index in [2.05, 4.69) is 144 Å². The number of nitrogens with zero attached hydrogens (tertiary/aromatic N) is 4. The van der Waals surface area contributed by atoms with Crippen LogP contribution in [-0.4, -0.2) is 19.5 Å². The van der Waals surface area contributed by atoms with Crippen LogP contribution in [0.25, 0.3) is 115 Å². The predicted molar refractivity (Wildman–Crippen MR) is 236 cm³/mol. The van der Waals surface area contributed by atoms with E-state index < -0.39 is 0 Å². The Morgan fingerprint density at radius 1 is 0.421 bits per heavy atom. The third kappa shape index (κ3) is 4.98. The molecule has 0 spiro atoms. The van der Waals surface area contributed by atoms with Gasteiger partial charge in [-0.05, 0) is 53.6 Å². The molecule has 0 aliphatic carbocycles. The molecule has 57 heavy (non-hydrogen) atoms. The Morgan fingerprint density at radius 3 is 1.75 bits per heavy atom. The second-order valence-corrected chi connectivity index (χ2v) is 15.4. The van der Waals surface area contributed by atoms with E-state index in [1.54, 1.807) is 11.3 Å². The molecule has 0 saturated carbocycles. The first-order valence-electron chi connectivity index (χ1n) is 19.0. The standard InChI is InChI=1S/C51H30N4OS/c1-3-15-31(16-4-1)34-22-14-28-45-46(34)40-29-33(55-42-25-10-7-19-35(42)36-20-8-11-26-43(36)55)30-41(48(40)57-45)51-53-49(32-17-5-2-6-18-32)52-50(54-51)39-24-13-23-38-37-21-9-12-27-44(37)56-47(38)39/h1-30H. The fourth-order valence-electron chi connectivity index (χ4n) is 8.52. The molecule has 0 atom stereocenters. The Morgan fingerprint density at radius 2 is 1.00 bits per heavy atom. The van der Waals surface area contributed by atoms with Crippen LogP contribution in [0.15, 0.2) is 186 Å². The third-order valence-corrected chi connectivity index (χ3v) is 12.3. The van der Waals surface area contributed by atoms with Crippen LogP contribution in [0.3, 0.4) is 0 Å². The van der Waals surface area contributed by atoms with Crippen LogP contribution >= 0.6 is 11.3 Å². The molecule has 0 aliphatic heterocycles. The zero-order chi connectivity index (χ0) is 37.5. The average molecular weight is 747 g/mol. The van der Waals surface area contributed by atoms with Gasteiger partial charge in [-0.25, -0.2) is 15.0 Å².